The lowest BCUT2D eigenvalue weighted by Gasteiger charge is -2.01. The summed E-state index contributed by atoms with van der Waals surface area (Å²) in [6.45, 7) is 1.75. The first-order valence-corrected chi connectivity index (χ1v) is 5.51. The van der Waals surface area contributed by atoms with Crippen LogP contribution in [0.1, 0.15) is 11.9 Å². The number of aliphatic hydroxyl groups excluding tert-OH is 1. The highest BCUT2D eigenvalue weighted by Crippen LogP contribution is 2.14. The standard InChI is InChI=1S/C8H12N4O3S/c1-2-5-11-12-8(16-5)10-7(15)6(14)9-3-4-13/h13H,2-4H2,1H3,(H,9,14)(H,10,12,15). The number of hydrogen-bond donors (Lipinski definition) is 3. The van der Waals surface area contributed by atoms with Gasteiger partial charge in [0.25, 0.3) is 0 Å². The Morgan fingerprint density at radius 3 is 2.69 bits per heavy atom. The maximum absolute atomic E-state index is 11.2. The van der Waals surface area contributed by atoms with Crippen molar-refractivity contribution >= 4 is 28.3 Å². The molecule has 0 spiro atoms. The molecular formula is C8H12N4O3S. The summed E-state index contributed by atoms with van der Waals surface area (Å²) in [5.41, 5.74) is 0. The van der Waals surface area contributed by atoms with E-state index in [9.17, 15) is 9.59 Å². The number of aromatic nitrogens is 2. The summed E-state index contributed by atoms with van der Waals surface area (Å²) in [6, 6.07) is 0. The monoisotopic (exact) mass is 244 g/mol. The van der Waals surface area contributed by atoms with Crippen molar-refractivity contribution in [2.45, 2.75) is 13.3 Å². The fourth-order valence-electron chi connectivity index (χ4n) is 0.851. The predicted molar refractivity (Wildman–Crippen MR) is 58.0 cm³/mol. The van der Waals surface area contributed by atoms with Gasteiger partial charge >= 0.3 is 11.8 Å². The average Bonchev–Trinajstić information content (AvgIpc) is 2.73. The predicted octanol–water partition coefficient (Wildman–Crippen LogP) is -0.853. The number of amides is 2. The molecule has 0 aliphatic heterocycles. The molecule has 0 radical (unpaired) electrons. The molecular weight excluding hydrogens is 232 g/mol. The van der Waals surface area contributed by atoms with E-state index in [4.69, 9.17) is 5.11 Å². The summed E-state index contributed by atoms with van der Waals surface area (Å²) in [7, 11) is 0. The van der Waals surface area contributed by atoms with Crippen LogP contribution in [0.4, 0.5) is 5.13 Å². The first kappa shape index (κ1) is 12.5. The van der Waals surface area contributed by atoms with Crippen LogP contribution < -0.4 is 10.6 Å². The van der Waals surface area contributed by atoms with E-state index in [1.165, 1.54) is 11.3 Å². The Kier molecular flexibility index (Phi) is 4.80. The van der Waals surface area contributed by atoms with Crippen molar-refractivity contribution in [2.75, 3.05) is 18.5 Å². The Labute approximate surface area is 95.9 Å². The van der Waals surface area contributed by atoms with Crippen LogP contribution in [0, 0.1) is 0 Å². The molecule has 0 saturated carbocycles. The van der Waals surface area contributed by atoms with Gasteiger partial charge < -0.3 is 10.4 Å². The van der Waals surface area contributed by atoms with Gasteiger partial charge in [0.05, 0.1) is 6.61 Å². The lowest BCUT2D eigenvalue weighted by Crippen LogP contribution is -2.36. The Balaban J connectivity index is 2.47. The van der Waals surface area contributed by atoms with Gasteiger partial charge in [-0.2, -0.15) is 0 Å². The summed E-state index contributed by atoms with van der Waals surface area (Å²) in [5.74, 6) is -1.62. The number of aliphatic hydroxyl groups is 1. The van der Waals surface area contributed by atoms with Crippen molar-refractivity contribution in [3.63, 3.8) is 0 Å². The van der Waals surface area contributed by atoms with Crippen LogP contribution in [0.25, 0.3) is 0 Å². The fourth-order valence-corrected chi connectivity index (χ4v) is 1.53. The zero-order valence-electron chi connectivity index (χ0n) is 8.69. The molecule has 0 fully saturated rings. The van der Waals surface area contributed by atoms with E-state index in [2.05, 4.69) is 20.8 Å². The molecule has 7 nitrogen and oxygen atoms in total. The topological polar surface area (TPSA) is 104 Å². The van der Waals surface area contributed by atoms with Crippen LogP contribution in [0.5, 0.6) is 0 Å². The molecule has 0 aromatic carbocycles. The second kappa shape index (κ2) is 6.13. The number of aryl methyl sites for hydroxylation is 1. The van der Waals surface area contributed by atoms with Crippen LogP contribution in [-0.4, -0.2) is 40.3 Å². The van der Waals surface area contributed by atoms with Gasteiger partial charge in [-0.3, -0.25) is 14.9 Å². The lowest BCUT2D eigenvalue weighted by atomic mass is 10.5. The maximum Gasteiger partial charge on any atom is 0.315 e. The minimum Gasteiger partial charge on any atom is -0.395 e. The number of hydrogen-bond acceptors (Lipinski definition) is 6. The summed E-state index contributed by atoms with van der Waals surface area (Å²) < 4.78 is 0. The third kappa shape index (κ3) is 3.55. The van der Waals surface area contributed by atoms with E-state index in [1.807, 2.05) is 6.92 Å². The van der Waals surface area contributed by atoms with Crippen molar-refractivity contribution in [2.24, 2.45) is 0 Å². The van der Waals surface area contributed by atoms with Gasteiger partial charge in [-0.1, -0.05) is 18.3 Å². The van der Waals surface area contributed by atoms with Gasteiger partial charge in [-0.05, 0) is 6.42 Å². The molecule has 8 heteroatoms. The second-order valence-electron chi connectivity index (χ2n) is 2.79. The summed E-state index contributed by atoms with van der Waals surface area (Å²) >= 11 is 1.22. The molecule has 0 aliphatic carbocycles. The van der Waals surface area contributed by atoms with Gasteiger partial charge in [0.15, 0.2) is 0 Å². The minimum atomic E-state index is -0.813. The van der Waals surface area contributed by atoms with Gasteiger partial charge in [0.2, 0.25) is 5.13 Å². The Hall–Kier alpha value is -1.54. The normalized spacial score (nSPS) is 9.88. The SMILES string of the molecule is CCc1nnc(NC(=O)C(=O)NCCO)s1. The van der Waals surface area contributed by atoms with Crippen LogP contribution in [0.2, 0.25) is 0 Å². The minimum absolute atomic E-state index is 0.0442. The van der Waals surface area contributed by atoms with Crippen LogP contribution in [-0.2, 0) is 16.0 Å². The maximum atomic E-state index is 11.2. The Bertz CT molecular complexity index is 379. The number of carbonyl (C=O) groups is 2. The molecule has 2 amide bonds. The summed E-state index contributed by atoms with van der Waals surface area (Å²) in [4.78, 5) is 22.4. The van der Waals surface area contributed by atoms with E-state index in [0.717, 1.165) is 11.4 Å². The first-order chi connectivity index (χ1) is 7.67. The van der Waals surface area contributed by atoms with E-state index in [1.54, 1.807) is 0 Å². The molecule has 16 heavy (non-hydrogen) atoms. The number of anilines is 1. The molecule has 0 bridgehead atoms. The smallest absolute Gasteiger partial charge is 0.315 e. The highest BCUT2D eigenvalue weighted by molar-refractivity contribution is 7.15. The number of rotatable bonds is 4. The molecule has 1 aromatic rings. The average molecular weight is 244 g/mol. The molecule has 3 N–H and O–H groups in total. The van der Waals surface area contributed by atoms with Crippen LogP contribution in [0.3, 0.4) is 0 Å². The first-order valence-electron chi connectivity index (χ1n) is 4.69. The highest BCUT2D eigenvalue weighted by Gasteiger charge is 2.14. The number of carbonyl (C=O) groups excluding carboxylic acids is 2. The van der Waals surface area contributed by atoms with E-state index < -0.39 is 11.8 Å². The molecule has 1 aromatic heterocycles. The van der Waals surface area contributed by atoms with Crippen molar-refractivity contribution < 1.29 is 14.7 Å². The zero-order chi connectivity index (χ0) is 12.0. The molecule has 0 saturated heterocycles. The molecule has 0 aliphatic rings. The number of nitrogens with one attached hydrogen (secondary N) is 2. The third-order valence-electron chi connectivity index (χ3n) is 1.59. The largest absolute Gasteiger partial charge is 0.395 e. The zero-order valence-corrected chi connectivity index (χ0v) is 9.50. The Morgan fingerprint density at radius 1 is 1.38 bits per heavy atom. The molecule has 88 valence electrons. The van der Waals surface area contributed by atoms with Crippen molar-refractivity contribution in [3.8, 4) is 0 Å². The fraction of sp³-hybridized carbons (Fsp3) is 0.500. The van der Waals surface area contributed by atoms with Crippen molar-refractivity contribution in [3.05, 3.63) is 5.01 Å². The van der Waals surface area contributed by atoms with Crippen molar-refractivity contribution in [1.82, 2.24) is 15.5 Å². The van der Waals surface area contributed by atoms with E-state index in [0.29, 0.717) is 5.13 Å². The third-order valence-corrected chi connectivity index (χ3v) is 2.58. The molecule has 0 unspecified atom stereocenters. The van der Waals surface area contributed by atoms with Gasteiger partial charge in [-0.15, -0.1) is 10.2 Å². The molecule has 1 heterocycles. The highest BCUT2D eigenvalue weighted by atomic mass is 32.1. The van der Waals surface area contributed by atoms with Gasteiger partial charge in [-0.25, -0.2) is 0 Å². The summed E-state index contributed by atoms with van der Waals surface area (Å²) in [6.07, 6.45) is 0.726. The summed E-state index contributed by atoms with van der Waals surface area (Å²) in [5, 5.41) is 21.6. The molecule has 0 atom stereocenters. The van der Waals surface area contributed by atoms with Crippen LogP contribution >= 0.6 is 11.3 Å². The van der Waals surface area contributed by atoms with Gasteiger partial charge in [0, 0.05) is 6.54 Å². The van der Waals surface area contributed by atoms with Gasteiger partial charge in [0.1, 0.15) is 5.01 Å². The van der Waals surface area contributed by atoms with E-state index >= 15 is 0 Å². The second-order valence-corrected chi connectivity index (χ2v) is 3.85. The quantitative estimate of drug-likeness (QED) is 0.598. The number of nitrogens with zero attached hydrogens (tertiary/aromatic N) is 2. The van der Waals surface area contributed by atoms with Crippen LogP contribution in [0.15, 0.2) is 0 Å². The lowest BCUT2D eigenvalue weighted by molar-refractivity contribution is -0.136. The van der Waals surface area contributed by atoms with E-state index in [-0.39, 0.29) is 13.2 Å². The van der Waals surface area contributed by atoms with Crippen molar-refractivity contribution in [1.29, 1.82) is 0 Å². The Morgan fingerprint density at radius 2 is 2.12 bits per heavy atom. The molecule has 1 rings (SSSR count).